The molecule has 0 radical (unpaired) electrons. The third-order valence-electron chi connectivity index (χ3n) is 23.7. The van der Waals surface area contributed by atoms with Crippen LogP contribution in [0.2, 0.25) is 0 Å². The van der Waals surface area contributed by atoms with Crippen molar-refractivity contribution in [2.75, 3.05) is 41.1 Å². The molecule has 10 amide bonds. The van der Waals surface area contributed by atoms with E-state index in [1.54, 1.807) is 68.5 Å². The van der Waals surface area contributed by atoms with Crippen LogP contribution in [-0.2, 0) is 70.5 Å². The minimum Gasteiger partial charge on any atom is -0.492 e. The van der Waals surface area contributed by atoms with Crippen molar-refractivity contribution in [3.05, 3.63) is 185 Å². The van der Waals surface area contributed by atoms with Crippen molar-refractivity contribution in [2.45, 2.75) is 225 Å². The van der Waals surface area contributed by atoms with Crippen LogP contribution in [0.5, 0.6) is 5.88 Å². The number of carboxylic acid groups (broad SMARTS) is 3. The van der Waals surface area contributed by atoms with E-state index < -0.39 is 164 Å². The Balaban J connectivity index is 0.666. The number of amides is 10. The zero-order valence-electron chi connectivity index (χ0n) is 77.1. The number of carboxylic acids is 3. The number of nitrogens with one attached hydrogen (secondary N) is 10. The Morgan fingerprint density at radius 3 is 1.97 bits per heavy atom. The van der Waals surface area contributed by atoms with Gasteiger partial charge in [0.2, 0.25) is 35.5 Å². The zero-order chi connectivity index (χ0) is 98.8. The van der Waals surface area contributed by atoms with E-state index in [2.05, 4.69) is 86.1 Å². The molecule has 2 aliphatic carbocycles. The lowest BCUT2D eigenvalue weighted by Gasteiger charge is -2.39. The number of ether oxygens (including phenoxy) is 4. The molecule has 23 N–H and O–H groups in total. The fraction of sp³-hybridized carbons (Fsp3) is 0.463. The van der Waals surface area contributed by atoms with Gasteiger partial charge in [-0.05, 0) is 200 Å². The molecular weight excluding hydrogens is 1760 g/mol. The highest BCUT2D eigenvalue weighted by Gasteiger charge is 2.51. The number of allylic oxidation sites excluding steroid dienone is 9. The van der Waals surface area contributed by atoms with E-state index >= 15 is 0 Å². The van der Waals surface area contributed by atoms with E-state index in [9.17, 15) is 87.9 Å². The van der Waals surface area contributed by atoms with Crippen LogP contribution in [0.1, 0.15) is 183 Å². The topological polar surface area (TPSA) is 639 Å². The molecule has 0 spiro atoms. The van der Waals surface area contributed by atoms with Crippen molar-refractivity contribution in [2.24, 2.45) is 52.8 Å². The number of aromatic hydroxyl groups is 1. The second kappa shape index (κ2) is 51.8. The number of alkyl carbamates (subject to hydrolysis) is 2. The minimum absolute atomic E-state index is 0.0188. The molecule has 41 nitrogen and oxygen atoms in total. The number of carbonyl (C=O) groups excluding carboxylic acids is 10. The Labute approximate surface area is 786 Å². The molecule has 0 bridgehead atoms. The van der Waals surface area contributed by atoms with E-state index in [1.165, 1.54) is 41.5 Å². The van der Waals surface area contributed by atoms with E-state index in [0.29, 0.717) is 83.8 Å². The van der Waals surface area contributed by atoms with Crippen LogP contribution in [-0.4, -0.2) is 203 Å². The summed E-state index contributed by atoms with van der Waals surface area (Å²) in [5.41, 5.74) is 23.8. The van der Waals surface area contributed by atoms with Gasteiger partial charge in [0.25, 0.3) is 11.8 Å². The predicted octanol–water partition coefficient (Wildman–Crippen LogP) is 7.64. The van der Waals surface area contributed by atoms with Crippen molar-refractivity contribution in [1.29, 1.82) is 0 Å². The van der Waals surface area contributed by atoms with Gasteiger partial charge < -0.3 is 115 Å². The van der Waals surface area contributed by atoms with E-state index in [-0.39, 0.29) is 129 Å². The van der Waals surface area contributed by atoms with Crippen molar-refractivity contribution >= 4 is 112 Å². The molecular formula is C95H125N19O22. The van der Waals surface area contributed by atoms with Crippen molar-refractivity contribution in [3.63, 3.8) is 0 Å². The van der Waals surface area contributed by atoms with Gasteiger partial charge in [0.1, 0.15) is 42.9 Å². The number of primary amides is 1. The maximum atomic E-state index is 14.1. The second-order valence-electron chi connectivity index (χ2n) is 34.6. The van der Waals surface area contributed by atoms with Crippen LogP contribution in [0.15, 0.2) is 162 Å². The predicted molar refractivity (Wildman–Crippen MR) is 501 cm³/mol. The molecule has 2 aliphatic heterocycles. The first kappa shape index (κ1) is 105. The fourth-order valence-corrected chi connectivity index (χ4v) is 16.1. The molecule has 5 aromatic rings. The number of nitrogen functional groups attached to an aromatic ring is 1. The number of nitrogens with zero attached hydrogens (tertiary/aromatic N) is 5. The molecule has 4 unspecified atom stereocenters. The number of carbonyl (C=O) groups is 13. The molecule has 2 fully saturated rings. The largest absolute Gasteiger partial charge is 0.492 e. The number of hydrogen-bond acceptors (Lipinski definition) is 28. The molecule has 732 valence electrons. The summed E-state index contributed by atoms with van der Waals surface area (Å²) in [5.74, 6) is -3.02. The summed E-state index contributed by atoms with van der Waals surface area (Å²) < 4.78 is 23.3. The van der Waals surface area contributed by atoms with Crippen molar-refractivity contribution < 1.29 is 107 Å². The number of aliphatic hydroxyl groups is 1. The molecule has 41 heteroatoms. The highest BCUT2D eigenvalue weighted by molar-refractivity contribution is 5.99. The van der Waals surface area contributed by atoms with Gasteiger partial charge in [-0.25, -0.2) is 49.4 Å². The molecule has 15 atom stereocenters. The van der Waals surface area contributed by atoms with Gasteiger partial charge in [0.05, 0.1) is 60.8 Å². The number of unbranched alkanes of at least 4 members (excludes halogenated alkanes) is 1. The number of aromatic nitrogens is 4. The summed E-state index contributed by atoms with van der Waals surface area (Å²) in [5, 5.41) is 78.9. The van der Waals surface area contributed by atoms with Crippen LogP contribution in [0.4, 0.5) is 37.4 Å². The number of cyclic esters (lactones) is 1. The van der Waals surface area contributed by atoms with Crippen LogP contribution in [0.25, 0.3) is 11.2 Å². The Bertz CT molecular complexity index is 5280. The molecule has 136 heavy (non-hydrogen) atoms. The Morgan fingerprint density at radius 2 is 1.32 bits per heavy atom. The third kappa shape index (κ3) is 33.4. The summed E-state index contributed by atoms with van der Waals surface area (Å²) in [4.78, 5) is 183. The highest BCUT2D eigenvalue weighted by Crippen LogP contribution is 2.54. The van der Waals surface area contributed by atoms with Crippen molar-refractivity contribution in [3.8, 4) is 5.88 Å². The molecule has 4 aliphatic rings. The maximum absolute atomic E-state index is 14.1. The summed E-state index contributed by atoms with van der Waals surface area (Å²) in [6.45, 7) is 13.6. The summed E-state index contributed by atoms with van der Waals surface area (Å²) in [6.07, 6.45) is 19.1. The summed E-state index contributed by atoms with van der Waals surface area (Å²) >= 11 is 0. The third-order valence-corrected chi connectivity index (χ3v) is 23.7. The minimum atomic E-state index is -1.63. The first-order valence-corrected chi connectivity index (χ1v) is 45.3. The van der Waals surface area contributed by atoms with Gasteiger partial charge in [-0.2, -0.15) is 9.97 Å². The maximum Gasteiger partial charge on any atom is 0.408 e. The number of hydrazine groups is 1. The number of benzene rings is 3. The van der Waals surface area contributed by atoms with Crippen LogP contribution < -0.4 is 81.2 Å². The Kier molecular flexibility index (Phi) is 40.1. The SMILES string of the molecule is C/C=C/C1OC([C@@H](/C=C/C=C(\C)C[C@@H](C)/C=C(C)\C=C\C2CC=CC(=O)O2)NC(=O)OCc2ccc(NC(=O)[C@H](CCCNC(N)=O)NC(=O)[C@@H](NC(=O)OC[C@@H]3C4CC/C(N)=C(/N(N)c5ccc(C(=O)NCCCC[C@H](NC(=O)CC[C@H](NC(=O)CC[C@H](NC(=O)c6ccc(NCc7cnc8nc(N)nc(O)c8n7)cc6)C(=O)O)C(=O)O)C(=O)O)cc5)CC[C@@H]43)C(C)C)cc2)C[C@@H](O)[C@@H]1C. The number of nitrogens with two attached hydrogens (primary N) is 4. The van der Waals surface area contributed by atoms with E-state index in [0.717, 1.165) is 17.6 Å². The number of hydrogen-bond donors (Lipinski definition) is 19. The first-order valence-electron chi connectivity index (χ1n) is 45.3. The first-order chi connectivity index (χ1) is 64.9. The highest BCUT2D eigenvalue weighted by atomic mass is 16.6. The van der Waals surface area contributed by atoms with Crippen LogP contribution in [0, 0.1) is 35.5 Å². The molecule has 9 rings (SSSR count). The second-order valence-corrected chi connectivity index (χ2v) is 34.6. The number of rotatable bonds is 48. The van der Waals surface area contributed by atoms with Crippen LogP contribution in [0.3, 0.4) is 0 Å². The average Bonchev–Trinajstić information content (AvgIpc) is 1.61. The van der Waals surface area contributed by atoms with Gasteiger partial charge in [-0.15, -0.1) is 0 Å². The van der Waals surface area contributed by atoms with Crippen molar-refractivity contribution in [1.82, 2.24) is 62.5 Å². The van der Waals surface area contributed by atoms with Gasteiger partial charge in [0, 0.05) is 79.0 Å². The number of aliphatic carboxylic acids is 3. The van der Waals surface area contributed by atoms with Gasteiger partial charge in [-0.3, -0.25) is 33.8 Å². The molecule has 1 saturated heterocycles. The Morgan fingerprint density at radius 1 is 0.691 bits per heavy atom. The lowest BCUT2D eigenvalue weighted by Crippen LogP contribution is -2.54. The number of anilines is 4. The van der Waals surface area contributed by atoms with Gasteiger partial charge in [0.15, 0.2) is 11.2 Å². The van der Waals surface area contributed by atoms with Gasteiger partial charge in [-0.1, -0.05) is 99.6 Å². The lowest BCUT2D eigenvalue weighted by atomic mass is 9.87. The number of aliphatic hydroxyl groups excluding tert-OH is 1. The van der Waals surface area contributed by atoms with E-state index in [4.69, 9.17) is 42.0 Å². The van der Waals surface area contributed by atoms with Crippen LogP contribution >= 0.6 is 0 Å². The fourth-order valence-electron chi connectivity index (χ4n) is 16.1. The zero-order valence-corrected chi connectivity index (χ0v) is 77.1. The summed E-state index contributed by atoms with van der Waals surface area (Å²) in [7, 11) is 0. The smallest absolute Gasteiger partial charge is 0.408 e. The monoisotopic (exact) mass is 1880 g/mol. The Hall–Kier alpha value is -14.4. The molecule has 3 aromatic carbocycles. The summed E-state index contributed by atoms with van der Waals surface area (Å²) in [6, 6.07) is 10.5. The standard InChI is InChI=1S/C95H125N19O22/c1-8-14-76-56(7)75(115)47-77(136-76)69(18-11-15-53(4)45-55(6)46-54(5)21-34-64-16-12-20-80(118)135-64)110-94(131)133-50-57-22-28-61(29-23-57)105-86(121)70(19-13-44-101-93(98)130)108-87(122)81(52(2)3)111-95(132)134-51-67-65-35-37-68(96)74(40-36-66(65)67)114(99)63-32-26-58(27-33-63)84(119)100-43-10-9-17-71(89(124)125)106-78(116)41-38-72(90(126)127)107-79(117)42-39-73(91(128)129)109-85(120)59-24-30-60(31-25-59)102-48-62-49-103-83-82(104-62)88(123)113-92(97)112-83/h8,11-12,14-15,18,20-34,46,49,52,55-56,64-67,69-73,75-77,81,102,115H,9-10,13,16-17,19,35-45,47-48,50-51,96,99H2,1-7H3,(H,100,119)(H,105,121)(H,106,116)(H,107,117)(H,108,122)(H,109,120)(H,110,131)(H,111,132)(H,124,125)(H,126,127)(H,128,129)(H3,98,101,130)(H3,97,103,112,113,123)/b14-8+,18-11+,34-21+,53-15+,54-46-,74-68-/t55-,56+,64?,65?,66+,67-,69-,70+,71+,72+,73+,75-,76?,77?,81+/m1/s1. The van der Waals surface area contributed by atoms with Gasteiger partial charge >= 0.3 is 42.1 Å². The number of urea groups is 1. The molecule has 1 saturated carbocycles. The number of esters is 1. The lowest BCUT2D eigenvalue weighted by molar-refractivity contribution is -0.143. The average molecular weight is 1890 g/mol. The number of fused-ring (bicyclic) bond motifs is 2. The molecule has 2 aromatic heterocycles. The molecule has 4 heterocycles. The van der Waals surface area contributed by atoms with E-state index in [1.807, 2.05) is 70.2 Å². The normalized spacial score (nSPS) is 20.4. The quantitative estimate of drug-likeness (QED) is 0.00338.